The van der Waals surface area contributed by atoms with Gasteiger partial charge in [0.25, 0.3) is 5.91 Å². The Morgan fingerprint density at radius 3 is 2.54 bits per heavy atom. The molecule has 1 aromatic heterocycles. The number of nitrogens with zero attached hydrogens (tertiary/aromatic N) is 1. The normalized spacial score (nSPS) is 10.4. The molecule has 1 amide bonds. The largest absolute Gasteiger partial charge is 0.465 e. The van der Waals surface area contributed by atoms with Gasteiger partial charge >= 0.3 is 5.97 Å². The molecule has 1 N–H and O–H groups in total. The molecule has 0 saturated carbocycles. The van der Waals surface area contributed by atoms with Crippen LogP contribution >= 0.6 is 0 Å². The van der Waals surface area contributed by atoms with Crippen molar-refractivity contribution in [1.82, 2.24) is 10.3 Å². The van der Waals surface area contributed by atoms with Gasteiger partial charge in [-0.3, -0.25) is 9.78 Å². The van der Waals surface area contributed by atoms with Crippen molar-refractivity contribution in [2.45, 2.75) is 6.54 Å². The number of aromatic nitrogens is 1. The SMILES string of the molecule is COC(=O)c1ccc(CNC(=O)c2cnc3ccccc3c2)cc1. The van der Waals surface area contributed by atoms with Gasteiger partial charge in [-0.2, -0.15) is 0 Å². The van der Waals surface area contributed by atoms with Gasteiger partial charge in [-0.15, -0.1) is 0 Å². The molecule has 0 fully saturated rings. The molecule has 0 aliphatic heterocycles. The van der Waals surface area contributed by atoms with E-state index in [9.17, 15) is 9.59 Å². The minimum atomic E-state index is -0.382. The van der Waals surface area contributed by atoms with E-state index in [0.717, 1.165) is 16.5 Å². The van der Waals surface area contributed by atoms with Crippen molar-refractivity contribution in [3.05, 3.63) is 77.5 Å². The minimum Gasteiger partial charge on any atom is -0.465 e. The molecule has 0 aliphatic rings. The number of carbonyl (C=O) groups is 2. The molecule has 0 atom stereocenters. The molecule has 0 radical (unpaired) electrons. The summed E-state index contributed by atoms with van der Waals surface area (Å²) in [5.74, 6) is -0.571. The predicted octanol–water partition coefficient (Wildman–Crippen LogP) is 2.95. The third-order valence-electron chi connectivity index (χ3n) is 3.68. The standard InChI is InChI=1S/C19H16N2O3/c1-24-19(23)14-8-6-13(7-9-14)11-21-18(22)16-10-15-4-2-3-5-17(15)20-12-16/h2-10,12H,11H2,1H3,(H,21,22). The summed E-state index contributed by atoms with van der Waals surface area (Å²) in [6.45, 7) is 0.368. The number of carbonyl (C=O) groups excluding carboxylic acids is 2. The van der Waals surface area contributed by atoms with Crippen LogP contribution in [-0.2, 0) is 11.3 Å². The zero-order valence-corrected chi connectivity index (χ0v) is 13.2. The van der Waals surface area contributed by atoms with Gasteiger partial charge in [0, 0.05) is 18.1 Å². The maximum Gasteiger partial charge on any atom is 0.337 e. The van der Waals surface area contributed by atoms with Crippen molar-refractivity contribution in [3.8, 4) is 0 Å². The van der Waals surface area contributed by atoms with Gasteiger partial charge < -0.3 is 10.1 Å². The number of amides is 1. The summed E-state index contributed by atoms with van der Waals surface area (Å²) >= 11 is 0. The lowest BCUT2D eigenvalue weighted by molar-refractivity contribution is 0.0600. The molecular weight excluding hydrogens is 304 g/mol. The Morgan fingerprint density at radius 1 is 1.04 bits per heavy atom. The number of ether oxygens (including phenoxy) is 1. The van der Waals surface area contributed by atoms with Crippen LogP contribution in [0.25, 0.3) is 10.9 Å². The van der Waals surface area contributed by atoms with E-state index in [1.54, 1.807) is 30.5 Å². The van der Waals surface area contributed by atoms with Crippen molar-refractivity contribution in [2.24, 2.45) is 0 Å². The lowest BCUT2D eigenvalue weighted by Gasteiger charge is -2.07. The van der Waals surface area contributed by atoms with E-state index in [1.807, 2.05) is 30.3 Å². The second-order valence-electron chi connectivity index (χ2n) is 5.29. The van der Waals surface area contributed by atoms with Gasteiger partial charge in [0.05, 0.1) is 23.8 Å². The van der Waals surface area contributed by atoms with E-state index in [1.165, 1.54) is 7.11 Å². The second kappa shape index (κ2) is 6.91. The summed E-state index contributed by atoms with van der Waals surface area (Å²) in [5, 5.41) is 3.77. The topological polar surface area (TPSA) is 68.3 Å². The van der Waals surface area contributed by atoms with Crippen molar-refractivity contribution >= 4 is 22.8 Å². The number of hydrogen-bond acceptors (Lipinski definition) is 4. The number of rotatable bonds is 4. The van der Waals surface area contributed by atoms with Crippen LogP contribution in [0, 0.1) is 0 Å². The van der Waals surface area contributed by atoms with E-state index in [2.05, 4.69) is 15.0 Å². The molecule has 2 aromatic carbocycles. The van der Waals surface area contributed by atoms with Crippen LogP contribution in [0.2, 0.25) is 0 Å². The summed E-state index contributed by atoms with van der Waals surface area (Å²) in [5.41, 5.74) is 2.74. The summed E-state index contributed by atoms with van der Waals surface area (Å²) in [4.78, 5) is 27.9. The van der Waals surface area contributed by atoms with Crippen LogP contribution in [0.1, 0.15) is 26.3 Å². The van der Waals surface area contributed by atoms with Gasteiger partial charge in [0.2, 0.25) is 0 Å². The average Bonchev–Trinajstić information content (AvgIpc) is 2.65. The van der Waals surface area contributed by atoms with Crippen molar-refractivity contribution in [2.75, 3.05) is 7.11 Å². The number of benzene rings is 2. The van der Waals surface area contributed by atoms with E-state index in [4.69, 9.17) is 0 Å². The summed E-state index contributed by atoms with van der Waals surface area (Å²) in [7, 11) is 1.34. The Hall–Kier alpha value is -3.21. The molecule has 3 aromatic rings. The number of esters is 1. The van der Waals surface area contributed by atoms with Gasteiger partial charge in [0.1, 0.15) is 0 Å². The van der Waals surface area contributed by atoms with Crippen molar-refractivity contribution in [1.29, 1.82) is 0 Å². The third kappa shape index (κ3) is 3.41. The lowest BCUT2D eigenvalue weighted by atomic mass is 10.1. The van der Waals surface area contributed by atoms with Crippen LogP contribution in [-0.4, -0.2) is 24.0 Å². The van der Waals surface area contributed by atoms with Gasteiger partial charge in [-0.1, -0.05) is 30.3 Å². The fourth-order valence-electron chi connectivity index (χ4n) is 2.36. The highest BCUT2D eigenvalue weighted by Gasteiger charge is 2.08. The van der Waals surface area contributed by atoms with Crippen LogP contribution in [0.4, 0.5) is 0 Å². The number of pyridine rings is 1. The Bertz CT molecular complexity index is 889. The monoisotopic (exact) mass is 320 g/mol. The van der Waals surface area contributed by atoms with Crippen molar-refractivity contribution < 1.29 is 14.3 Å². The molecule has 0 aliphatic carbocycles. The molecule has 0 unspecified atom stereocenters. The Balaban J connectivity index is 1.67. The van der Waals surface area contributed by atoms with E-state index >= 15 is 0 Å². The molecule has 3 rings (SSSR count). The van der Waals surface area contributed by atoms with Gasteiger partial charge in [0.15, 0.2) is 0 Å². The van der Waals surface area contributed by atoms with Gasteiger partial charge in [-0.25, -0.2) is 4.79 Å². The highest BCUT2D eigenvalue weighted by Crippen LogP contribution is 2.13. The molecule has 120 valence electrons. The van der Waals surface area contributed by atoms with E-state index in [-0.39, 0.29) is 11.9 Å². The number of fused-ring (bicyclic) bond motifs is 1. The fourth-order valence-corrected chi connectivity index (χ4v) is 2.36. The summed E-state index contributed by atoms with van der Waals surface area (Å²) in [6, 6.07) is 16.4. The first-order valence-corrected chi connectivity index (χ1v) is 7.47. The smallest absolute Gasteiger partial charge is 0.337 e. The number of para-hydroxylation sites is 1. The molecule has 5 heteroatoms. The first-order chi connectivity index (χ1) is 11.7. The number of nitrogens with one attached hydrogen (secondary N) is 1. The maximum atomic E-state index is 12.3. The molecule has 24 heavy (non-hydrogen) atoms. The number of hydrogen-bond donors (Lipinski definition) is 1. The zero-order chi connectivity index (χ0) is 16.9. The second-order valence-corrected chi connectivity index (χ2v) is 5.29. The highest BCUT2D eigenvalue weighted by atomic mass is 16.5. The summed E-state index contributed by atoms with van der Waals surface area (Å²) in [6.07, 6.45) is 1.57. The van der Waals surface area contributed by atoms with Gasteiger partial charge in [-0.05, 0) is 29.8 Å². The van der Waals surface area contributed by atoms with Crippen LogP contribution in [0.5, 0.6) is 0 Å². The molecular formula is C19H16N2O3. The third-order valence-corrected chi connectivity index (χ3v) is 3.68. The summed E-state index contributed by atoms with van der Waals surface area (Å²) < 4.78 is 4.65. The Morgan fingerprint density at radius 2 is 1.79 bits per heavy atom. The van der Waals surface area contributed by atoms with E-state index < -0.39 is 0 Å². The molecule has 1 heterocycles. The first-order valence-electron chi connectivity index (χ1n) is 7.47. The van der Waals surface area contributed by atoms with Crippen LogP contribution in [0.3, 0.4) is 0 Å². The number of methoxy groups -OCH3 is 1. The fraction of sp³-hybridized carbons (Fsp3) is 0.105. The molecule has 0 saturated heterocycles. The average molecular weight is 320 g/mol. The quantitative estimate of drug-likeness (QED) is 0.751. The van der Waals surface area contributed by atoms with E-state index in [0.29, 0.717) is 17.7 Å². The predicted molar refractivity (Wildman–Crippen MR) is 90.7 cm³/mol. The van der Waals surface area contributed by atoms with Crippen molar-refractivity contribution in [3.63, 3.8) is 0 Å². The minimum absolute atomic E-state index is 0.190. The van der Waals surface area contributed by atoms with Crippen LogP contribution < -0.4 is 5.32 Å². The maximum absolute atomic E-state index is 12.3. The molecule has 0 bridgehead atoms. The Labute approximate surface area is 139 Å². The Kier molecular flexibility index (Phi) is 4.52. The molecule has 0 spiro atoms. The lowest BCUT2D eigenvalue weighted by Crippen LogP contribution is -2.22. The zero-order valence-electron chi connectivity index (χ0n) is 13.2. The first kappa shape index (κ1) is 15.7. The highest BCUT2D eigenvalue weighted by molar-refractivity contribution is 5.97. The van der Waals surface area contributed by atoms with Crippen LogP contribution in [0.15, 0.2) is 60.8 Å². The molecule has 5 nitrogen and oxygen atoms in total.